The van der Waals surface area contributed by atoms with E-state index in [2.05, 4.69) is 146 Å². The van der Waals surface area contributed by atoms with E-state index in [1.54, 1.807) is 0 Å². The van der Waals surface area contributed by atoms with Crippen LogP contribution < -0.4 is 4.90 Å². The van der Waals surface area contributed by atoms with Gasteiger partial charge in [-0.1, -0.05) is 87.0 Å². The van der Waals surface area contributed by atoms with Gasteiger partial charge in [0.05, 0.1) is 12.7 Å². The number of anilines is 1. The Balaban J connectivity index is 1.35. The minimum Gasteiger partial charge on any atom is -0.466 e. The number of unbranched alkanes of at least 4 members (excludes halogenated alkanes) is 2. The van der Waals surface area contributed by atoms with Crippen molar-refractivity contribution in [1.29, 1.82) is 0 Å². The molecule has 2 aliphatic rings. The van der Waals surface area contributed by atoms with E-state index in [1.165, 1.54) is 39.5 Å². The van der Waals surface area contributed by atoms with Crippen LogP contribution >= 0.6 is 0 Å². The monoisotopic (exact) mass is 586 g/mol. The maximum atomic E-state index is 11.8. The molecule has 226 valence electrons. The molecule has 4 nitrogen and oxygen atoms in total. The van der Waals surface area contributed by atoms with Gasteiger partial charge in [-0.15, -0.1) is 0 Å². The average Bonchev–Trinajstić information content (AvgIpc) is 3.36. The van der Waals surface area contributed by atoms with E-state index < -0.39 is 0 Å². The summed E-state index contributed by atoms with van der Waals surface area (Å²) in [5.74, 6) is -0.0954. The molecular weight excluding hydrogens is 540 g/mol. The number of carbonyl (C=O) groups is 1. The molecule has 0 radical (unpaired) electrons. The first-order valence-corrected chi connectivity index (χ1v) is 16.0. The molecule has 44 heavy (non-hydrogen) atoms. The molecule has 0 atom stereocenters. The quantitative estimate of drug-likeness (QED) is 0.0698. The summed E-state index contributed by atoms with van der Waals surface area (Å²) in [6.07, 6.45) is 15.6. The minimum absolute atomic E-state index is 0.0954. The predicted molar refractivity (Wildman–Crippen MR) is 181 cm³/mol. The van der Waals surface area contributed by atoms with Crippen LogP contribution in [-0.4, -0.2) is 29.4 Å². The number of allylic oxidation sites excluding steroid dienone is 6. The topological polar surface area (TPSA) is 32.5 Å². The zero-order chi connectivity index (χ0) is 31.2. The molecule has 0 N–H and O–H groups in total. The second kappa shape index (κ2) is 13.6. The smallest absolute Gasteiger partial charge is 0.335 e. The summed E-state index contributed by atoms with van der Waals surface area (Å²) in [6.45, 7) is 13.2. The number of hydrogen-bond donors (Lipinski definition) is 0. The lowest BCUT2D eigenvalue weighted by atomic mass is 9.81. The summed E-state index contributed by atoms with van der Waals surface area (Å²) in [7, 11) is 0. The van der Waals surface area contributed by atoms with Crippen LogP contribution in [0.4, 0.5) is 11.4 Å². The number of hydrogen-bond acceptors (Lipinski definition) is 3. The van der Waals surface area contributed by atoms with Gasteiger partial charge in [0, 0.05) is 53.0 Å². The Hall–Kier alpha value is -4.27. The number of ether oxygens (including phenoxy) is 1. The number of rotatable bonds is 12. The molecule has 0 saturated heterocycles. The van der Waals surface area contributed by atoms with Crippen molar-refractivity contribution in [3.63, 3.8) is 0 Å². The fraction of sp³-hybridized carbons (Fsp3) is 0.350. The molecule has 0 spiro atoms. The van der Waals surface area contributed by atoms with Crippen LogP contribution in [0.25, 0.3) is 0 Å². The van der Waals surface area contributed by atoms with Gasteiger partial charge in [-0.05, 0) is 51.3 Å². The molecule has 5 rings (SSSR count). The highest BCUT2D eigenvalue weighted by atomic mass is 16.5. The first kappa shape index (κ1) is 31.2. The Morgan fingerprint density at radius 1 is 0.841 bits per heavy atom. The number of fused-ring (bicyclic) bond motifs is 2. The van der Waals surface area contributed by atoms with Crippen LogP contribution in [0.1, 0.15) is 77.0 Å². The van der Waals surface area contributed by atoms with E-state index in [4.69, 9.17) is 4.74 Å². The zero-order valence-electron chi connectivity index (χ0n) is 27.0. The molecular formula is C40H46N2O2+2. The fourth-order valence-electron chi connectivity index (χ4n) is 6.67. The van der Waals surface area contributed by atoms with Crippen LogP contribution in [-0.2, 0) is 26.9 Å². The van der Waals surface area contributed by atoms with Crippen LogP contribution in [0, 0.1) is 6.08 Å². The number of esters is 1. The van der Waals surface area contributed by atoms with E-state index in [0.717, 1.165) is 32.4 Å². The van der Waals surface area contributed by atoms with Gasteiger partial charge in [-0.3, -0.25) is 4.79 Å². The highest BCUT2D eigenvalue weighted by Crippen LogP contribution is 2.47. The van der Waals surface area contributed by atoms with Gasteiger partial charge < -0.3 is 9.64 Å². The van der Waals surface area contributed by atoms with Gasteiger partial charge in [0.25, 0.3) is 0 Å². The van der Waals surface area contributed by atoms with Crippen molar-refractivity contribution in [3.05, 3.63) is 132 Å². The van der Waals surface area contributed by atoms with Gasteiger partial charge >= 0.3 is 11.7 Å². The van der Waals surface area contributed by atoms with Crippen molar-refractivity contribution in [2.24, 2.45) is 0 Å². The first-order valence-electron chi connectivity index (χ1n) is 16.0. The summed E-state index contributed by atoms with van der Waals surface area (Å²) in [6, 6.07) is 28.1. The third-order valence-corrected chi connectivity index (χ3v) is 8.96. The third-order valence-electron chi connectivity index (χ3n) is 8.96. The van der Waals surface area contributed by atoms with Crippen molar-refractivity contribution >= 4 is 23.1 Å². The molecule has 3 aromatic carbocycles. The van der Waals surface area contributed by atoms with Gasteiger partial charge in [0.15, 0.2) is 18.7 Å². The molecule has 3 aromatic rings. The summed E-state index contributed by atoms with van der Waals surface area (Å²) >= 11 is 0. The fourth-order valence-corrected chi connectivity index (χ4v) is 6.67. The summed E-state index contributed by atoms with van der Waals surface area (Å²) in [5.41, 5.74) is 8.73. The highest BCUT2D eigenvalue weighted by Gasteiger charge is 2.48. The summed E-state index contributed by atoms with van der Waals surface area (Å²) in [5, 5.41) is 0. The van der Waals surface area contributed by atoms with E-state index in [-0.39, 0.29) is 16.8 Å². The largest absolute Gasteiger partial charge is 0.466 e. The van der Waals surface area contributed by atoms with Crippen molar-refractivity contribution in [2.75, 3.05) is 18.1 Å². The lowest BCUT2D eigenvalue weighted by molar-refractivity contribution is -0.455. The molecule has 2 heterocycles. The van der Waals surface area contributed by atoms with E-state index in [9.17, 15) is 4.79 Å². The summed E-state index contributed by atoms with van der Waals surface area (Å²) in [4.78, 5) is 14.2. The predicted octanol–water partition coefficient (Wildman–Crippen LogP) is 8.98. The highest BCUT2D eigenvalue weighted by molar-refractivity contribution is 6.00. The van der Waals surface area contributed by atoms with Crippen LogP contribution in [0.3, 0.4) is 0 Å². The van der Waals surface area contributed by atoms with E-state index in [1.807, 2.05) is 6.92 Å². The van der Waals surface area contributed by atoms with Crippen molar-refractivity contribution in [2.45, 2.75) is 77.7 Å². The van der Waals surface area contributed by atoms with Crippen molar-refractivity contribution in [1.82, 2.24) is 0 Å². The number of para-hydroxylation sites is 2. The molecule has 0 amide bonds. The Morgan fingerprint density at radius 2 is 1.55 bits per heavy atom. The second-order valence-electron chi connectivity index (χ2n) is 12.7. The molecule has 0 bridgehead atoms. The Morgan fingerprint density at radius 3 is 2.32 bits per heavy atom. The number of nitrogens with zero attached hydrogens (tertiary/aromatic N) is 2. The van der Waals surface area contributed by atoms with Crippen LogP contribution in [0.2, 0.25) is 0 Å². The zero-order valence-corrected chi connectivity index (χ0v) is 27.0. The Kier molecular flexibility index (Phi) is 9.61. The SMILES string of the molecule is CCOC(=O)CCCCCN1/C(=C/C=C/C=[C+]C2=[N+](Cc3ccccc3)c3ccccc3C2(C)C)C(C)(C)c2ccccc21. The molecule has 0 unspecified atom stereocenters. The minimum atomic E-state index is -0.145. The van der Waals surface area contributed by atoms with Crippen LogP contribution in [0.5, 0.6) is 0 Å². The molecule has 0 saturated carbocycles. The van der Waals surface area contributed by atoms with Crippen molar-refractivity contribution < 1.29 is 14.1 Å². The molecule has 0 aromatic heterocycles. The Labute approximate surface area is 264 Å². The molecule has 0 fully saturated rings. The standard InChI is InChI=1S/C40H46N2O2/c1-6-44-38(43)28-14-9-19-29-41-34-24-17-15-22-32(34)39(2,3)36(41)26-12-8-13-27-37-40(4,5)33-23-16-18-25-35(33)42(37)30-31-20-10-7-11-21-31/h7-8,10-13,15-18,20-26H,6,9,14,19,28-30H2,1-5H3/q+2. The lowest BCUT2D eigenvalue weighted by Crippen LogP contribution is -2.27. The van der Waals surface area contributed by atoms with E-state index >= 15 is 0 Å². The molecule has 4 heteroatoms. The van der Waals surface area contributed by atoms with Gasteiger partial charge in [0.2, 0.25) is 5.69 Å². The van der Waals surface area contributed by atoms with Gasteiger partial charge in [0.1, 0.15) is 5.41 Å². The van der Waals surface area contributed by atoms with Gasteiger partial charge in [-0.2, -0.15) is 4.58 Å². The summed E-state index contributed by atoms with van der Waals surface area (Å²) < 4.78 is 7.50. The third kappa shape index (κ3) is 6.47. The number of benzene rings is 3. The molecule has 0 aliphatic carbocycles. The Bertz CT molecular complexity index is 1590. The maximum absolute atomic E-state index is 11.8. The maximum Gasteiger partial charge on any atom is 0.335 e. The second-order valence-corrected chi connectivity index (χ2v) is 12.7. The van der Waals surface area contributed by atoms with Crippen molar-refractivity contribution in [3.8, 4) is 0 Å². The van der Waals surface area contributed by atoms with Crippen LogP contribution in [0.15, 0.2) is 109 Å². The first-order chi connectivity index (χ1) is 21.2. The van der Waals surface area contributed by atoms with Gasteiger partial charge in [-0.25, -0.2) is 0 Å². The normalized spacial score (nSPS) is 17.4. The average molecular weight is 587 g/mol. The number of carbonyl (C=O) groups excluding carboxylic acids is 1. The lowest BCUT2D eigenvalue weighted by Gasteiger charge is -2.26. The van der Waals surface area contributed by atoms with E-state index in [0.29, 0.717) is 13.0 Å². The molecule has 2 aliphatic heterocycles.